The minimum atomic E-state index is -4.45. The van der Waals surface area contributed by atoms with E-state index in [1.54, 1.807) is 0 Å². The maximum Gasteiger partial charge on any atom is 0.417 e. The zero-order valence-corrected chi connectivity index (χ0v) is 8.84. The summed E-state index contributed by atoms with van der Waals surface area (Å²) in [7, 11) is 0. The topological polar surface area (TPSA) is 62.8 Å². The molecule has 1 rings (SSSR count). The minimum absolute atomic E-state index is 0. The maximum atomic E-state index is 12.1. The van der Waals surface area contributed by atoms with Gasteiger partial charge < -0.3 is 5.73 Å². The maximum absolute atomic E-state index is 12.1. The molecule has 0 fully saturated rings. The molecule has 86 valence electrons. The van der Waals surface area contributed by atoms with Crippen LogP contribution in [0.4, 0.5) is 13.2 Å². The van der Waals surface area contributed by atoms with Gasteiger partial charge in [0.15, 0.2) is 0 Å². The molecular formula is C7H8Cl2F3N3. The van der Waals surface area contributed by atoms with Gasteiger partial charge in [-0.3, -0.25) is 10.4 Å². The lowest BCUT2D eigenvalue weighted by molar-refractivity contribution is -0.137. The Hall–Kier alpha value is -1.01. The quantitative estimate of drug-likeness (QED) is 0.602. The van der Waals surface area contributed by atoms with E-state index in [0.717, 1.165) is 12.3 Å². The number of rotatable bonds is 1. The fraction of sp³-hybridized carbons (Fsp3) is 0.143. The molecule has 0 saturated carbocycles. The summed E-state index contributed by atoms with van der Waals surface area (Å²) in [5, 5.41) is 6.91. The van der Waals surface area contributed by atoms with Crippen LogP contribution >= 0.6 is 24.8 Å². The lowest BCUT2D eigenvalue weighted by Gasteiger charge is -2.06. The van der Waals surface area contributed by atoms with Gasteiger partial charge in [-0.15, -0.1) is 24.8 Å². The van der Waals surface area contributed by atoms with Crippen LogP contribution in [-0.2, 0) is 6.18 Å². The van der Waals surface area contributed by atoms with Crippen LogP contribution in [0.25, 0.3) is 0 Å². The average Bonchev–Trinajstić information content (AvgIpc) is 2.03. The number of nitrogens with zero attached hydrogens (tertiary/aromatic N) is 1. The molecule has 0 aliphatic carbocycles. The third kappa shape index (κ3) is 4.35. The second-order valence-corrected chi connectivity index (χ2v) is 2.37. The zero-order valence-electron chi connectivity index (χ0n) is 7.21. The van der Waals surface area contributed by atoms with Crippen molar-refractivity contribution in [2.24, 2.45) is 5.73 Å². The lowest BCUT2D eigenvalue weighted by atomic mass is 10.2. The van der Waals surface area contributed by atoms with Crippen molar-refractivity contribution in [2.45, 2.75) is 6.18 Å². The first-order chi connectivity index (χ1) is 5.91. The molecule has 0 aliphatic heterocycles. The number of hydrogen-bond acceptors (Lipinski definition) is 2. The second kappa shape index (κ2) is 5.77. The number of nitrogens with one attached hydrogen (secondary N) is 1. The average molecular weight is 262 g/mol. The molecule has 0 aliphatic rings. The van der Waals surface area contributed by atoms with E-state index in [9.17, 15) is 13.2 Å². The van der Waals surface area contributed by atoms with Crippen molar-refractivity contribution in [3.63, 3.8) is 0 Å². The van der Waals surface area contributed by atoms with Gasteiger partial charge in [-0.1, -0.05) is 0 Å². The molecule has 0 amide bonds. The Balaban J connectivity index is 0. The SMILES string of the molecule is Cl.Cl.N=C(N)c1cncc(C(F)(F)F)c1. The molecule has 0 aromatic carbocycles. The molecular weight excluding hydrogens is 254 g/mol. The molecule has 1 heterocycles. The molecule has 0 saturated heterocycles. The largest absolute Gasteiger partial charge is 0.417 e. The van der Waals surface area contributed by atoms with Gasteiger partial charge in [-0.25, -0.2) is 0 Å². The Morgan fingerprint density at radius 1 is 1.27 bits per heavy atom. The Kier molecular flexibility index (Phi) is 6.32. The summed E-state index contributed by atoms with van der Waals surface area (Å²) in [6, 6.07) is 0.787. The summed E-state index contributed by atoms with van der Waals surface area (Å²) < 4.78 is 36.2. The number of aromatic nitrogens is 1. The summed E-state index contributed by atoms with van der Waals surface area (Å²) >= 11 is 0. The molecule has 3 N–H and O–H groups in total. The van der Waals surface area contributed by atoms with Crippen LogP contribution in [0.15, 0.2) is 18.5 Å². The molecule has 8 heteroatoms. The first kappa shape index (κ1) is 16.4. The highest BCUT2D eigenvalue weighted by Gasteiger charge is 2.31. The van der Waals surface area contributed by atoms with Crippen molar-refractivity contribution in [1.82, 2.24) is 4.98 Å². The third-order valence-corrected chi connectivity index (χ3v) is 1.38. The van der Waals surface area contributed by atoms with Crippen LogP contribution in [-0.4, -0.2) is 10.8 Å². The van der Waals surface area contributed by atoms with Crippen LogP contribution in [0.2, 0.25) is 0 Å². The Bertz CT molecular complexity index is 340. The van der Waals surface area contributed by atoms with Crippen molar-refractivity contribution in [1.29, 1.82) is 5.41 Å². The zero-order chi connectivity index (χ0) is 10.1. The standard InChI is InChI=1S/C7H6F3N3.2ClH/c8-7(9,10)5-1-4(6(11)12)2-13-3-5;;/h1-3H,(H3,11,12);2*1H. The number of halogens is 5. The number of pyridine rings is 1. The Morgan fingerprint density at radius 2 is 1.80 bits per heavy atom. The van der Waals surface area contributed by atoms with E-state index >= 15 is 0 Å². The van der Waals surface area contributed by atoms with E-state index in [1.807, 2.05) is 0 Å². The molecule has 0 bridgehead atoms. The normalized spacial score (nSPS) is 9.80. The summed E-state index contributed by atoms with van der Waals surface area (Å²) in [6.45, 7) is 0. The van der Waals surface area contributed by atoms with Crippen LogP contribution in [0.1, 0.15) is 11.1 Å². The molecule has 1 aromatic rings. The number of hydrogen-bond donors (Lipinski definition) is 2. The molecule has 0 atom stereocenters. The first-order valence-electron chi connectivity index (χ1n) is 3.28. The van der Waals surface area contributed by atoms with Crippen LogP contribution in [0.3, 0.4) is 0 Å². The smallest absolute Gasteiger partial charge is 0.384 e. The molecule has 0 unspecified atom stereocenters. The van der Waals surface area contributed by atoms with Gasteiger partial charge in [0, 0.05) is 18.0 Å². The summed E-state index contributed by atoms with van der Waals surface area (Å²) in [5.41, 5.74) is 4.07. The van der Waals surface area contributed by atoms with Crippen molar-refractivity contribution < 1.29 is 13.2 Å². The van der Waals surface area contributed by atoms with E-state index in [1.165, 1.54) is 0 Å². The fourth-order valence-corrected chi connectivity index (χ4v) is 0.742. The van der Waals surface area contributed by atoms with E-state index < -0.39 is 17.6 Å². The molecule has 0 radical (unpaired) electrons. The van der Waals surface area contributed by atoms with Crippen LogP contribution < -0.4 is 5.73 Å². The van der Waals surface area contributed by atoms with Gasteiger partial charge in [-0.2, -0.15) is 13.2 Å². The van der Waals surface area contributed by atoms with E-state index in [4.69, 9.17) is 11.1 Å². The Labute approximate surface area is 96.2 Å². The predicted octanol–water partition coefficient (Wildman–Crippen LogP) is 2.23. The highest BCUT2D eigenvalue weighted by molar-refractivity contribution is 5.94. The monoisotopic (exact) mass is 261 g/mol. The van der Waals surface area contributed by atoms with Gasteiger partial charge in [0.25, 0.3) is 0 Å². The summed E-state index contributed by atoms with van der Waals surface area (Å²) in [5.74, 6) is -0.432. The second-order valence-electron chi connectivity index (χ2n) is 2.37. The van der Waals surface area contributed by atoms with Crippen molar-refractivity contribution >= 4 is 30.6 Å². The molecule has 15 heavy (non-hydrogen) atoms. The first-order valence-corrected chi connectivity index (χ1v) is 3.28. The molecule has 1 aromatic heterocycles. The van der Waals surface area contributed by atoms with Crippen molar-refractivity contribution in [3.8, 4) is 0 Å². The van der Waals surface area contributed by atoms with Crippen LogP contribution in [0.5, 0.6) is 0 Å². The van der Waals surface area contributed by atoms with Gasteiger partial charge in [0.05, 0.1) is 5.56 Å². The molecule has 0 spiro atoms. The van der Waals surface area contributed by atoms with Crippen molar-refractivity contribution in [2.75, 3.05) is 0 Å². The highest BCUT2D eigenvalue weighted by atomic mass is 35.5. The number of nitrogens with two attached hydrogens (primary N) is 1. The van der Waals surface area contributed by atoms with E-state index in [-0.39, 0.29) is 30.4 Å². The summed E-state index contributed by atoms with van der Waals surface area (Å²) in [6.07, 6.45) is -2.65. The fourth-order valence-electron chi connectivity index (χ4n) is 0.742. The van der Waals surface area contributed by atoms with Gasteiger partial charge in [0.2, 0.25) is 0 Å². The molecule has 3 nitrogen and oxygen atoms in total. The lowest BCUT2D eigenvalue weighted by Crippen LogP contribution is -2.14. The minimum Gasteiger partial charge on any atom is -0.384 e. The predicted molar refractivity (Wildman–Crippen MR) is 54.8 cm³/mol. The number of nitrogen functional groups attached to an aromatic ring is 1. The van der Waals surface area contributed by atoms with Crippen molar-refractivity contribution in [3.05, 3.63) is 29.6 Å². The van der Waals surface area contributed by atoms with Gasteiger partial charge in [0.1, 0.15) is 5.84 Å². The van der Waals surface area contributed by atoms with Gasteiger partial charge in [-0.05, 0) is 6.07 Å². The number of alkyl halides is 3. The van der Waals surface area contributed by atoms with Crippen LogP contribution in [0, 0.1) is 5.41 Å². The van der Waals surface area contributed by atoms with E-state index in [0.29, 0.717) is 6.20 Å². The Morgan fingerprint density at radius 3 is 2.20 bits per heavy atom. The highest BCUT2D eigenvalue weighted by Crippen LogP contribution is 2.28. The summed E-state index contributed by atoms with van der Waals surface area (Å²) in [4.78, 5) is 3.33. The third-order valence-electron chi connectivity index (χ3n) is 1.38. The number of amidine groups is 1. The van der Waals surface area contributed by atoms with Gasteiger partial charge >= 0.3 is 6.18 Å². The van der Waals surface area contributed by atoms with E-state index in [2.05, 4.69) is 4.98 Å².